The predicted octanol–water partition coefficient (Wildman–Crippen LogP) is 1.75. The number of hydrogen-bond donors (Lipinski definition) is 0. The van der Waals surface area contributed by atoms with Crippen LogP contribution in [0.4, 0.5) is 0 Å². The van der Waals surface area contributed by atoms with Crippen LogP contribution >= 0.6 is 15.9 Å². The lowest BCUT2D eigenvalue weighted by molar-refractivity contribution is -0.155. The van der Waals surface area contributed by atoms with Gasteiger partial charge in [0.15, 0.2) is 9.84 Å². The number of sulfone groups is 1. The van der Waals surface area contributed by atoms with Gasteiger partial charge in [-0.2, -0.15) is 4.31 Å². The number of sulfonamides is 1. The molecule has 0 unspecified atom stereocenters. The topological polar surface area (TPSA) is 101 Å². The lowest BCUT2D eigenvalue weighted by Gasteiger charge is -2.26. The van der Waals surface area contributed by atoms with Gasteiger partial charge in [-0.15, -0.1) is 0 Å². The Kier molecular flexibility index (Phi) is 8.23. The first-order chi connectivity index (χ1) is 12.5. The molecule has 1 aromatic rings. The molecule has 0 aliphatic carbocycles. The summed E-state index contributed by atoms with van der Waals surface area (Å²) < 4.78 is 56.6. The van der Waals surface area contributed by atoms with Gasteiger partial charge in [-0.1, -0.05) is 0 Å². The van der Waals surface area contributed by atoms with Crippen molar-refractivity contribution in [3.05, 3.63) is 22.7 Å². The number of carbonyl (C=O) groups is 1. The molecule has 0 aliphatic rings. The van der Waals surface area contributed by atoms with Crippen molar-refractivity contribution >= 4 is 41.8 Å². The summed E-state index contributed by atoms with van der Waals surface area (Å²) in [5.74, 6) is -0.690. The Morgan fingerprint density at radius 3 is 2.14 bits per heavy atom. The van der Waals surface area contributed by atoms with Crippen LogP contribution in [0.15, 0.2) is 32.5 Å². The summed E-state index contributed by atoms with van der Waals surface area (Å²) in [5, 5.41) is 0. The molecule has 0 aromatic heterocycles. The van der Waals surface area contributed by atoms with Crippen LogP contribution in [-0.4, -0.2) is 77.6 Å². The van der Waals surface area contributed by atoms with E-state index >= 15 is 0 Å². The van der Waals surface area contributed by atoms with E-state index in [0.29, 0.717) is 6.54 Å². The summed E-state index contributed by atoms with van der Waals surface area (Å²) in [6.45, 7) is 4.99. The molecule has 1 aromatic carbocycles. The lowest BCUT2D eigenvalue weighted by Crippen LogP contribution is -2.42. The molecule has 8 nitrogen and oxygen atoms in total. The zero-order valence-corrected chi connectivity index (χ0v) is 20.1. The molecule has 0 radical (unpaired) electrons. The monoisotopic (exact) mass is 498 g/mol. The van der Waals surface area contributed by atoms with Gasteiger partial charge in [-0.25, -0.2) is 16.8 Å². The normalized spacial score (nSPS) is 13.2. The first-order valence-electron chi connectivity index (χ1n) is 8.40. The Hall–Kier alpha value is -1.01. The summed E-state index contributed by atoms with van der Waals surface area (Å²) in [4.78, 5) is 13.7. The van der Waals surface area contributed by atoms with Crippen LogP contribution in [0.3, 0.4) is 0 Å². The first-order valence-corrected chi connectivity index (χ1v) is 12.5. The van der Waals surface area contributed by atoms with E-state index in [0.717, 1.165) is 16.6 Å². The van der Waals surface area contributed by atoms with E-state index in [1.54, 1.807) is 39.8 Å². The van der Waals surface area contributed by atoms with Crippen molar-refractivity contribution < 1.29 is 26.4 Å². The molecule has 0 amide bonds. The van der Waals surface area contributed by atoms with Crippen LogP contribution in [0.5, 0.6) is 0 Å². The third-order valence-electron chi connectivity index (χ3n) is 3.47. The second kappa shape index (κ2) is 9.21. The summed E-state index contributed by atoms with van der Waals surface area (Å²) in [7, 11) is -4.22. The fourth-order valence-corrected chi connectivity index (χ4v) is 5.21. The Morgan fingerprint density at radius 2 is 1.68 bits per heavy atom. The first kappa shape index (κ1) is 25.0. The second-order valence-corrected chi connectivity index (χ2v) is 12.4. The quantitative estimate of drug-likeness (QED) is 0.503. The Balaban J connectivity index is 3.36. The minimum absolute atomic E-state index is 0.0319. The fraction of sp³-hybridized carbons (Fsp3) is 0.588. The van der Waals surface area contributed by atoms with Gasteiger partial charge in [0.1, 0.15) is 12.1 Å². The lowest BCUT2D eigenvalue weighted by atomic mass is 10.2. The van der Waals surface area contributed by atoms with Crippen LogP contribution < -0.4 is 0 Å². The number of likely N-dealkylation sites (N-methyl/N-ethyl adjacent to an activating group) is 1. The SMILES string of the molecule is CN(C)CCN(CC(=O)OC(C)(C)C)S(=O)(=O)c1cc(S(C)(=O)=O)ccc1Br. The maximum Gasteiger partial charge on any atom is 0.321 e. The Labute approximate surface area is 175 Å². The molecule has 0 saturated carbocycles. The van der Waals surface area contributed by atoms with Crippen molar-refractivity contribution in [1.29, 1.82) is 0 Å². The van der Waals surface area contributed by atoms with Gasteiger partial charge in [0.2, 0.25) is 10.0 Å². The highest BCUT2D eigenvalue weighted by molar-refractivity contribution is 9.10. The van der Waals surface area contributed by atoms with Gasteiger partial charge >= 0.3 is 5.97 Å². The van der Waals surface area contributed by atoms with Crippen molar-refractivity contribution in [1.82, 2.24) is 9.21 Å². The fourth-order valence-electron chi connectivity index (χ4n) is 2.16. The molecule has 28 heavy (non-hydrogen) atoms. The molecule has 11 heteroatoms. The number of rotatable bonds is 8. The third-order valence-corrected chi connectivity index (χ3v) is 7.42. The summed E-state index contributed by atoms with van der Waals surface area (Å²) in [6.07, 6.45) is 0.997. The van der Waals surface area contributed by atoms with Crippen molar-refractivity contribution in [3.63, 3.8) is 0 Å². The minimum Gasteiger partial charge on any atom is -0.459 e. The van der Waals surface area contributed by atoms with Gasteiger partial charge < -0.3 is 9.64 Å². The smallest absolute Gasteiger partial charge is 0.321 e. The number of esters is 1. The van der Waals surface area contributed by atoms with Crippen molar-refractivity contribution in [2.45, 2.75) is 36.2 Å². The van der Waals surface area contributed by atoms with Gasteiger partial charge in [-0.05, 0) is 69.0 Å². The minimum atomic E-state index is -4.17. The van der Waals surface area contributed by atoms with Crippen molar-refractivity contribution in [2.24, 2.45) is 0 Å². The van der Waals surface area contributed by atoms with Crippen molar-refractivity contribution in [2.75, 3.05) is 40.0 Å². The molecule has 0 saturated heterocycles. The molecule has 1 rings (SSSR count). The Bertz CT molecular complexity index is 921. The van der Waals surface area contributed by atoms with Crippen LogP contribution in [0, 0.1) is 0 Å². The van der Waals surface area contributed by atoms with E-state index in [4.69, 9.17) is 4.74 Å². The maximum atomic E-state index is 13.2. The number of carbonyl (C=O) groups excluding carboxylic acids is 1. The average Bonchev–Trinajstić information content (AvgIpc) is 2.48. The van der Waals surface area contributed by atoms with Crippen LogP contribution in [-0.2, 0) is 29.4 Å². The van der Waals surface area contributed by atoms with E-state index in [2.05, 4.69) is 15.9 Å². The van der Waals surface area contributed by atoms with E-state index in [1.807, 2.05) is 0 Å². The Morgan fingerprint density at radius 1 is 1.11 bits per heavy atom. The predicted molar refractivity (Wildman–Crippen MR) is 110 cm³/mol. The maximum absolute atomic E-state index is 13.2. The van der Waals surface area contributed by atoms with Gasteiger partial charge in [0.25, 0.3) is 0 Å². The number of halogens is 1. The number of ether oxygens (including phenoxy) is 1. The summed E-state index contributed by atoms with van der Waals surface area (Å²) in [5.41, 5.74) is -0.759. The highest BCUT2D eigenvalue weighted by Crippen LogP contribution is 2.28. The number of benzene rings is 1. The highest BCUT2D eigenvalue weighted by Gasteiger charge is 2.31. The van der Waals surface area contributed by atoms with Gasteiger partial charge in [-0.3, -0.25) is 4.79 Å². The van der Waals surface area contributed by atoms with E-state index in [1.165, 1.54) is 12.1 Å². The summed E-state index contributed by atoms with van der Waals surface area (Å²) in [6, 6.07) is 3.77. The third kappa shape index (κ3) is 7.43. The van der Waals surface area contributed by atoms with Gasteiger partial charge in [0.05, 0.1) is 9.79 Å². The molecule has 0 spiro atoms. The van der Waals surface area contributed by atoms with Crippen LogP contribution in [0.25, 0.3) is 0 Å². The molecule has 0 heterocycles. The number of hydrogen-bond acceptors (Lipinski definition) is 7. The van der Waals surface area contributed by atoms with E-state index < -0.39 is 38.0 Å². The molecule has 0 atom stereocenters. The van der Waals surface area contributed by atoms with Gasteiger partial charge in [0, 0.05) is 23.8 Å². The molecule has 0 bridgehead atoms. The van der Waals surface area contributed by atoms with E-state index in [9.17, 15) is 21.6 Å². The molecular weight excluding hydrogens is 472 g/mol. The molecule has 0 aliphatic heterocycles. The molecule has 0 fully saturated rings. The average molecular weight is 499 g/mol. The standard InChI is InChI=1S/C17H27BrN2O6S2/c1-17(2,3)26-16(21)12-20(10-9-19(4)5)28(24,25)15-11-13(27(6,22)23)7-8-14(15)18/h7-8,11H,9-10,12H2,1-6H3. The van der Waals surface area contributed by atoms with E-state index in [-0.39, 0.29) is 20.8 Å². The zero-order valence-electron chi connectivity index (χ0n) is 16.9. The second-order valence-electron chi connectivity index (χ2n) is 7.59. The zero-order chi connectivity index (χ0) is 21.9. The molecule has 0 N–H and O–H groups in total. The number of nitrogens with zero attached hydrogens (tertiary/aromatic N) is 2. The molecule has 160 valence electrons. The van der Waals surface area contributed by atoms with Crippen LogP contribution in [0.1, 0.15) is 20.8 Å². The summed E-state index contributed by atoms with van der Waals surface area (Å²) >= 11 is 3.17. The highest BCUT2D eigenvalue weighted by atomic mass is 79.9. The molecular formula is C17H27BrN2O6S2. The largest absolute Gasteiger partial charge is 0.459 e. The van der Waals surface area contributed by atoms with Crippen molar-refractivity contribution in [3.8, 4) is 0 Å². The van der Waals surface area contributed by atoms with Crippen LogP contribution in [0.2, 0.25) is 0 Å².